The quantitative estimate of drug-likeness (QED) is 0.425. The van der Waals surface area contributed by atoms with E-state index in [1.807, 2.05) is 0 Å². The fourth-order valence-electron chi connectivity index (χ4n) is 2.95. The maximum atomic E-state index is 13.2. The predicted molar refractivity (Wildman–Crippen MR) is 103 cm³/mol. The van der Waals surface area contributed by atoms with E-state index in [1.165, 1.54) is 0 Å². The number of amides is 1. The summed E-state index contributed by atoms with van der Waals surface area (Å²) < 4.78 is 82.7. The molecule has 1 aliphatic rings. The topological polar surface area (TPSA) is 97.9 Å². The van der Waals surface area contributed by atoms with Gasteiger partial charge in [0, 0.05) is 18.4 Å². The lowest BCUT2D eigenvalue weighted by Gasteiger charge is -2.09. The summed E-state index contributed by atoms with van der Waals surface area (Å²) in [5.41, 5.74) is -1.11. The summed E-state index contributed by atoms with van der Waals surface area (Å²) in [5.74, 6) is -1.83. The van der Waals surface area contributed by atoms with Crippen LogP contribution in [-0.2, 0) is 17.3 Å². The van der Waals surface area contributed by atoms with Crippen LogP contribution in [0.25, 0.3) is 11.5 Å². The lowest BCUT2D eigenvalue weighted by molar-refractivity contribution is -0.212. The van der Waals surface area contributed by atoms with Gasteiger partial charge in [-0.3, -0.25) is 4.79 Å². The molecule has 33 heavy (non-hydrogen) atoms. The highest BCUT2D eigenvalue weighted by Gasteiger charge is 2.36. The summed E-state index contributed by atoms with van der Waals surface area (Å²) in [4.78, 5) is 11.8. The number of carbonyl (C=O) groups excluding carboxylic acids is 1. The fourth-order valence-corrected chi connectivity index (χ4v) is 2.95. The molecule has 8 nitrogen and oxygen atoms in total. The molecule has 1 amide bonds. The second-order valence-electron chi connectivity index (χ2n) is 6.58. The van der Waals surface area contributed by atoms with Gasteiger partial charge in [0.05, 0.1) is 5.56 Å². The molecule has 2 N–H and O–H groups in total. The standard InChI is InChI=1S/C17H12F6N6O2.C2H4/c18-16(19,20)8-1-3-9(4-2-8)25-12-11(7-29(28-12)17(21,22)23)15-27-26-14(31-15)10-5-6-24-13(10)30;1-2/h1-4,7,10H,5-6H2,(H,24,30)(H,25,28);1-2H2/t10-;/m0./s1. The van der Waals surface area contributed by atoms with Gasteiger partial charge in [-0.25, -0.2) is 0 Å². The monoisotopic (exact) mass is 474 g/mol. The van der Waals surface area contributed by atoms with Gasteiger partial charge >= 0.3 is 12.5 Å². The molecule has 0 unspecified atom stereocenters. The van der Waals surface area contributed by atoms with E-state index in [1.54, 1.807) is 0 Å². The van der Waals surface area contributed by atoms with Crippen LogP contribution in [0.4, 0.5) is 37.8 Å². The zero-order valence-corrected chi connectivity index (χ0v) is 16.7. The largest absolute Gasteiger partial charge is 0.504 e. The van der Waals surface area contributed by atoms with E-state index in [2.05, 4.69) is 39.1 Å². The molecule has 14 heteroatoms. The first-order valence-electron chi connectivity index (χ1n) is 9.25. The molecule has 0 bridgehead atoms. The number of nitrogens with zero attached hydrogens (tertiary/aromatic N) is 4. The van der Waals surface area contributed by atoms with Crippen molar-refractivity contribution in [1.82, 2.24) is 25.3 Å². The number of hydrogen-bond acceptors (Lipinski definition) is 6. The Morgan fingerprint density at radius 3 is 2.30 bits per heavy atom. The highest BCUT2D eigenvalue weighted by atomic mass is 19.4. The zero-order chi connectivity index (χ0) is 24.4. The number of rotatable bonds is 4. The molecule has 1 fully saturated rings. The maximum Gasteiger partial charge on any atom is 0.504 e. The van der Waals surface area contributed by atoms with Crippen molar-refractivity contribution in [2.75, 3.05) is 11.9 Å². The third-order valence-corrected chi connectivity index (χ3v) is 4.47. The molecule has 1 aliphatic heterocycles. The van der Waals surface area contributed by atoms with Crippen LogP contribution in [0.5, 0.6) is 0 Å². The first-order valence-corrected chi connectivity index (χ1v) is 9.25. The summed E-state index contributed by atoms with van der Waals surface area (Å²) in [5, 5.41) is 15.9. The van der Waals surface area contributed by atoms with E-state index in [0.717, 1.165) is 24.3 Å². The third-order valence-electron chi connectivity index (χ3n) is 4.47. The van der Waals surface area contributed by atoms with E-state index >= 15 is 0 Å². The molecule has 1 atom stereocenters. The lowest BCUT2D eigenvalue weighted by atomic mass is 10.1. The van der Waals surface area contributed by atoms with Crippen molar-refractivity contribution in [2.24, 2.45) is 0 Å². The number of carbonyl (C=O) groups is 1. The van der Waals surface area contributed by atoms with E-state index in [4.69, 9.17) is 4.42 Å². The van der Waals surface area contributed by atoms with Crippen LogP contribution >= 0.6 is 0 Å². The molecular weight excluding hydrogens is 458 g/mol. The molecule has 0 aliphatic carbocycles. The highest BCUT2D eigenvalue weighted by Crippen LogP contribution is 2.35. The predicted octanol–water partition coefficient (Wildman–Crippen LogP) is 4.58. The second kappa shape index (κ2) is 8.96. The normalized spacial score (nSPS) is 16.2. The molecule has 3 heterocycles. The minimum atomic E-state index is -4.87. The van der Waals surface area contributed by atoms with Crippen LogP contribution in [0.1, 0.15) is 23.8 Å². The van der Waals surface area contributed by atoms with Crippen molar-refractivity contribution in [3.05, 3.63) is 55.1 Å². The molecular formula is C19H16F6N6O2. The molecule has 0 spiro atoms. The number of anilines is 2. The Balaban J connectivity index is 0.00000149. The van der Waals surface area contributed by atoms with E-state index in [0.29, 0.717) is 19.2 Å². The van der Waals surface area contributed by atoms with Gasteiger partial charge in [-0.2, -0.15) is 17.9 Å². The molecule has 0 saturated carbocycles. The number of halogens is 6. The highest BCUT2D eigenvalue weighted by molar-refractivity contribution is 5.84. The van der Waals surface area contributed by atoms with Gasteiger partial charge < -0.3 is 15.1 Å². The molecule has 1 aromatic carbocycles. The second-order valence-corrected chi connectivity index (χ2v) is 6.58. The van der Waals surface area contributed by atoms with Crippen molar-refractivity contribution in [1.29, 1.82) is 0 Å². The molecule has 3 aromatic rings. The number of nitrogens with one attached hydrogen (secondary N) is 2. The van der Waals surface area contributed by atoms with Crippen molar-refractivity contribution >= 4 is 17.4 Å². The van der Waals surface area contributed by atoms with Gasteiger partial charge in [-0.05, 0) is 30.7 Å². The third kappa shape index (κ3) is 5.15. The fraction of sp³-hybridized carbons (Fsp3) is 0.263. The Labute approximate surface area is 182 Å². The number of benzene rings is 1. The van der Waals surface area contributed by atoms with E-state index in [9.17, 15) is 31.1 Å². The first-order chi connectivity index (χ1) is 15.5. The average molecular weight is 474 g/mol. The lowest BCUT2D eigenvalue weighted by Crippen LogP contribution is -2.18. The molecule has 0 radical (unpaired) electrons. The summed E-state index contributed by atoms with van der Waals surface area (Å²) in [6, 6.07) is 3.63. The minimum absolute atomic E-state index is 0.0524. The number of alkyl halides is 6. The van der Waals surface area contributed by atoms with Crippen LogP contribution in [0.3, 0.4) is 0 Å². The number of hydrogen-bond donors (Lipinski definition) is 2. The smallest absolute Gasteiger partial charge is 0.420 e. The molecule has 1 saturated heterocycles. The molecule has 4 rings (SSSR count). The Hall–Kier alpha value is -3.84. The number of aromatic nitrogens is 4. The Bertz CT molecular complexity index is 1120. The van der Waals surface area contributed by atoms with Crippen LogP contribution in [0.15, 0.2) is 48.0 Å². The van der Waals surface area contributed by atoms with E-state index in [-0.39, 0.29) is 39.4 Å². The van der Waals surface area contributed by atoms with Gasteiger partial charge in [0.1, 0.15) is 11.5 Å². The minimum Gasteiger partial charge on any atom is -0.420 e. The Morgan fingerprint density at radius 2 is 1.76 bits per heavy atom. The first kappa shape index (κ1) is 23.8. The maximum absolute atomic E-state index is 13.2. The van der Waals surface area contributed by atoms with Crippen molar-refractivity contribution in [2.45, 2.75) is 24.8 Å². The van der Waals surface area contributed by atoms with Crippen molar-refractivity contribution in [3.63, 3.8) is 0 Å². The SMILES string of the molecule is C=C.O=C1NCC[C@@H]1c1nnc(-c2cn(C(F)(F)F)nc2Nc2ccc(C(F)(F)F)cc2)o1. The van der Waals surface area contributed by atoms with Crippen LogP contribution in [0.2, 0.25) is 0 Å². The Morgan fingerprint density at radius 1 is 1.09 bits per heavy atom. The zero-order valence-electron chi connectivity index (χ0n) is 16.7. The van der Waals surface area contributed by atoms with Gasteiger partial charge in [0.25, 0.3) is 5.89 Å². The summed E-state index contributed by atoms with van der Waals surface area (Å²) in [6.07, 6.45) is -8.45. The van der Waals surface area contributed by atoms with Crippen LogP contribution in [0, 0.1) is 0 Å². The van der Waals surface area contributed by atoms with E-state index < -0.39 is 24.0 Å². The van der Waals surface area contributed by atoms with Crippen LogP contribution < -0.4 is 10.6 Å². The van der Waals surface area contributed by atoms with Crippen LogP contribution in [-0.4, -0.2) is 32.4 Å². The van der Waals surface area contributed by atoms with Gasteiger partial charge in [0.2, 0.25) is 11.8 Å². The van der Waals surface area contributed by atoms with Gasteiger partial charge in [-0.15, -0.1) is 41.6 Å². The average Bonchev–Trinajstić information content (AvgIpc) is 3.48. The molecule has 2 aromatic heterocycles. The Kier molecular flexibility index (Phi) is 6.46. The van der Waals surface area contributed by atoms with Crippen molar-refractivity contribution < 1.29 is 35.6 Å². The summed E-state index contributed by atoms with van der Waals surface area (Å²) in [6.45, 7) is 6.40. The van der Waals surface area contributed by atoms with Gasteiger partial charge in [-0.1, -0.05) is 0 Å². The van der Waals surface area contributed by atoms with Gasteiger partial charge in [0.15, 0.2) is 5.82 Å². The summed E-state index contributed by atoms with van der Waals surface area (Å²) >= 11 is 0. The van der Waals surface area contributed by atoms with Crippen molar-refractivity contribution in [3.8, 4) is 11.5 Å². The molecule has 176 valence electrons. The summed E-state index contributed by atoms with van der Waals surface area (Å²) in [7, 11) is 0.